The van der Waals surface area contributed by atoms with Crippen LogP contribution >= 0.6 is 0 Å². The number of carbonyl (C=O) groups excluding carboxylic acids is 1. The summed E-state index contributed by atoms with van der Waals surface area (Å²) in [6.45, 7) is 7.78. The third-order valence-electron chi connectivity index (χ3n) is 4.12. The molecule has 0 radical (unpaired) electrons. The normalized spacial score (nSPS) is 12.4. The molecule has 1 atom stereocenters. The van der Waals surface area contributed by atoms with Gasteiger partial charge >= 0.3 is 6.03 Å². The van der Waals surface area contributed by atoms with E-state index in [2.05, 4.69) is 31.1 Å². The Balaban J connectivity index is 2.50. The van der Waals surface area contributed by atoms with Crippen molar-refractivity contribution in [3.8, 4) is 5.75 Å². The lowest BCUT2D eigenvalue weighted by molar-refractivity contribution is 0.191. The van der Waals surface area contributed by atoms with Crippen LogP contribution < -0.4 is 10.1 Å². The Morgan fingerprint density at radius 1 is 1.18 bits per heavy atom. The minimum absolute atomic E-state index is 0.00809. The third kappa shape index (κ3) is 5.22. The lowest BCUT2D eigenvalue weighted by Gasteiger charge is -2.27. The van der Waals surface area contributed by atoms with Gasteiger partial charge in [-0.05, 0) is 45.5 Å². The van der Waals surface area contributed by atoms with Crippen molar-refractivity contribution in [2.45, 2.75) is 32.9 Å². The molecule has 5 nitrogen and oxygen atoms in total. The van der Waals surface area contributed by atoms with E-state index in [-0.39, 0.29) is 12.1 Å². The highest BCUT2D eigenvalue weighted by atomic mass is 16.5. The minimum Gasteiger partial charge on any atom is -0.497 e. The van der Waals surface area contributed by atoms with Crippen molar-refractivity contribution in [3.63, 3.8) is 0 Å². The zero-order chi connectivity index (χ0) is 16.7. The Hall–Kier alpha value is -1.75. The molecule has 2 amide bonds. The van der Waals surface area contributed by atoms with Crippen molar-refractivity contribution in [1.82, 2.24) is 15.1 Å². The second kappa shape index (κ2) is 8.63. The molecular formula is C17H29N3O2. The van der Waals surface area contributed by atoms with Crippen molar-refractivity contribution in [1.29, 1.82) is 0 Å². The molecule has 0 aliphatic heterocycles. The van der Waals surface area contributed by atoms with Gasteiger partial charge in [0.05, 0.1) is 13.2 Å². The Kier molecular flexibility index (Phi) is 7.18. The second-order valence-corrected chi connectivity index (χ2v) is 5.87. The fourth-order valence-corrected chi connectivity index (χ4v) is 2.00. The van der Waals surface area contributed by atoms with Crippen LogP contribution in [0, 0.1) is 0 Å². The number of nitrogens with one attached hydrogen (secondary N) is 1. The van der Waals surface area contributed by atoms with E-state index in [1.807, 2.05) is 38.2 Å². The number of amides is 2. The number of benzene rings is 1. The van der Waals surface area contributed by atoms with E-state index in [1.165, 1.54) is 0 Å². The summed E-state index contributed by atoms with van der Waals surface area (Å²) in [7, 11) is 5.52. The van der Waals surface area contributed by atoms with Gasteiger partial charge in [-0.3, -0.25) is 0 Å². The van der Waals surface area contributed by atoms with Crippen molar-refractivity contribution in [2.75, 3.05) is 34.3 Å². The van der Waals surface area contributed by atoms with E-state index in [1.54, 1.807) is 12.0 Å². The standard InChI is InChI=1S/C17H29N3O2/c1-13(2)19(4)12-11-18-17(21)20(5)14(3)15-7-9-16(22-6)10-8-15/h7-10,13-14H,11-12H2,1-6H3,(H,18,21)/t14-/m0/s1. The van der Waals surface area contributed by atoms with Crippen LogP contribution in [-0.2, 0) is 0 Å². The van der Waals surface area contributed by atoms with Gasteiger partial charge < -0.3 is 19.9 Å². The van der Waals surface area contributed by atoms with Gasteiger partial charge in [0.25, 0.3) is 0 Å². The number of carbonyl (C=O) groups is 1. The lowest BCUT2D eigenvalue weighted by atomic mass is 10.1. The monoisotopic (exact) mass is 307 g/mol. The van der Waals surface area contributed by atoms with E-state index >= 15 is 0 Å². The number of methoxy groups -OCH3 is 1. The molecule has 5 heteroatoms. The van der Waals surface area contributed by atoms with Gasteiger partial charge in [-0.2, -0.15) is 0 Å². The fraction of sp³-hybridized carbons (Fsp3) is 0.588. The molecule has 0 aromatic heterocycles. The quantitative estimate of drug-likeness (QED) is 0.842. The highest BCUT2D eigenvalue weighted by molar-refractivity contribution is 5.74. The van der Waals surface area contributed by atoms with Crippen LogP contribution in [0.3, 0.4) is 0 Å². The zero-order valence-electron chi connectivity index (χ0n) is 14.6. The molecule has 0 fully saturated rings. The number of nitrogens with zero attached hydrogens (tertiary/aromatic N) is 2. The van der Waals surface area contributed by atoms with E-state index < -0.39 is 0 Å². The van der Waals surface area contributed by atoms with Gasteiger partial charge in [0.15, 0.2) is 0 Å². The van der Waals surface area contributed by atoms with Crippen molar-refractivity contribution in [3.05, 3.63) is 29.8 Å². The molecule has 1 aromatic rings. The van der Waals surface area contributed by atoms with Crippen LogP contribution in [0.25, 0.3) is 0 Å². The maximum absolute atomic E-state index is 12.2. The first-order valence-corrected chi connectivity index (χ1v) is 7.71. The molecule has 0 unspecified atom stereocenters. The number of ether oxygens (including phenoxy) is 1. The molecule has 0 saturated heterocycles. The SMILES string of the molecule is COc1ccc([C@H](C)N(C)C(=O)NCCN(C)C(C)C)cc1. The van der Waals surface area contributed by atoms with Crippen LogP contribution in [0.15, 0.2) is 24.3 Å². The summed E-state index contributed by atoms with van der Waals surface area (Å²) in [5.74, 6) is 0.819. The summed E-state index contributed by atoms with van der Waals surface area (Å²) in [5.41, 5.74) is 1.08. The average molecular weight is 307 g/mol. The number of likely N-dealkylation sites (N-methyl/N-ethyl adjacent to an activating group) is 1. The second-order valence-electron chi connectivity index (χ2n) is 5.87. The summed E-state index contributed by atoms with van der Waals surface area (Å²) in [5, 5.41) is 2.96. The first-order valence-electron chi connectivity index (χ1n) is 7.71. The molecule has 0 saturated carbocycles. The molecule has 1 aromatic carbocycles. The maximum atomic E-state index is 12.2. The molecule has 0 spiro atoms. The number of hydrogen-bond acceptors (Lipinski definition) is 3. The average Bonchev–Trinajstić information content (AvgIpc) is 2.53. The molecule has 0 aliphatic carbocycles. The summed E-state index contributed by atoms with van der Waals surface area (Å²) < 4.78 is 5.15. The maximum Gasteiger partial charge on any atom is 0.317 e. The summed E-state index contributed by atoms with van der Waals surface area (Å²) in [4.78, 5) is 16.1. The Bertz CT molecular complexity index is 459. The molecule has 0 heterocycles. The third-order valence-corrected chi connectivity index (χ3v) is 4.12. The molecule has 22 heavy (non-hydrogen) atoms. The van der Waals surface area contributed by atoms with Gasteiger partial charge in [0, 0.05) is 26.2 Å². The fourth-order valence-electron chi connectivity index (χ4n) is 2.00. The van der Waals surface area contributed by atoms with Gasteiger partial charge in [0.2, 0.25) is 0 Å². The Morgan fingerprint density at radius 3 is 2.27 bits per heavy atom. The largest absolute Gasteiger partial charge is 0.497 e. The molecule has 0 bridgehead atoms. The molecule has 1 rings (SSSR count). The van der Waals surface area contributed by atoms with E-state index in [4.69, 9.17) is 4.74 Å². The van der Waals surface area contributed by atoms with Gasteiger partial charge in [-0.15, -0.1) is 0 Å². The van der Waals surface area contributed by atoms with E-state index in [0.29, 0.717) is 12.6 Å². The zero-order valence-corrected chi connectivity index (χ0v) is 14.6. The highest BCUT2D eigenvalue weighted by Crippen LogP contribution is 2.21. The molecule has 0 aliphatic rings. The van der Waals surface area contributed by atoms with E-state index in [9.17, 15) is 4.79 Å². The predicted octanol–water partition coefficient (Wildman–Crippen LogP) is 2.74. The molecular weight excluding hydrogens is 278 g/mol. The number of hydrogen-bond donors (Lipinski definition) is 1. The number of urea groups is 1. The minimum atomic E-state index is -0.0551. The van der Waals surface area contributed by atoms with Crippen LogP contribution in [0.2, 0.25) is 0 Å². The van der Waals surface area contributed by atoms with Crippen molar-refractivity contribution in [2.24, 2.45) is 0 Å². The van der Waals surface area contributed by atoms with Gasteiger partial charge in [-0.1, -0.05) is 12.1 Å². The topological polar surface area (TPSA) is 44.8 Å². The van der Waals surface area contributed by atoms with Crippen molar-refractivity contribution >= 4 is 6.03 Å². The van der Waals surface area contributed by atoms with Crippen LogP contribution in [0.1, 0.15) is 32.4 Å². The predicted molar refractivity (Wildman–Crippen MR) is 90.3 cm³/mol. The lowest BCUT2D eigenvalue weighted by Crippen LogP contribution is -2.42. The Labute approximate surface area is 134 Å². The summed E-state index contributed by atoms with van der Waals surface area (Å²) in [6.07, 6.45) is 0. The number of rotatable bonds is 7. The smallest absolute Gasteiger partial charge is 0.317 e. The first kappa shape index (κ1) is 18.3. The highest BCUT2D eigenvalue weighted by Gasteiger charge is 2.17. The van der Waals surface area contributed by atoms with Crippen molar-refractivity contribution < 1.29 is 9.53 Å². The molecule has 124 valence electrons. The van der Waals surface area contributed by atoms with Gasteiger partial charge in [-0.25, -0.2) is 4.79 Å². The Morgan fingerprint density at radius 2 is 1.77 bits per heavy atom. The summed E-state index contributed by atoms with van der Waals surface area (Å²) in [6, 6.07) is 8.23. The molecule has 1 N–H and O–H groups in total. The van der Waals surface area contributed by atoms with Crippen LogP contribution in [0.5, 0.6) is 5.75 Å². The van der Waals surface area contributed by atoms with Gasteiger partial charge in [0.1, 0.15) is 5.75 Å². The van der Waals surface area contributed by atoms with Crippen LogP contribution in [-0.4, -0.2) is 56.2 Å². The summed E-state index contributed by atoms with van der Waals surface area (Å²) >= 11 is 0. The van der Waals surface area contributed by atoms with E-state index in [0.717, 1.165) is 17.9 Å². The first-order chi connectivity index (χ1) is 10.4. The van der Waals surface area contributed by atoms with Crippen LogP contribution in [0.4, 0.5) is 4.79 Å².